The maximum Gasteiger partial charge on any atom is 0.228 e. The van der Waals surface area contributed by atoms with Crippen molar-refractivity contribution in [2.24, 2.45) is 11.7 Å². The Bertz CT molecular complexity index is 451. The van der Waals surface area contributed by atoms with Crippen molar-refractivity contribution < 1.29 is 9.59 Å². The summed E-state index contributed by atoms with van der Waals surface area (Å²) in [6.45, 7) is 3.52. The molecule has 6 heteroatoms. The molecule has 0 fully saturated rings. The molecule has 0 aliphatic rings. The van der Waals surface area contributed by atoms with Crippen molar-refractivity contribution in [3.05, 3.63) is 24.3 Å². The van der Waals surface area contributed by atoms with Gasteiger partial charge in [0.1, 0.15) is 0 Å². The molecule has 2 amide bonds. The first-order valence-corrected chi connectivity index (χ1v) is 5.81. The van der Waals surface area contributed by atoms with Gasteiger partial charge in [0.15, 0.2) is 0 Å². The molecule has 0 bridgehead atoms. The standard InChI is InChI=1S/C13H19N3O2.ClH/c1-9(8-14)13(18)15-11-6-4-5-7-12(11)16(3)10(2)17;/h4-7,9H,8,14H2,1-3H3,(H,15,18);1H. The number of nitrogens with one attached hydrogen (secondary N) is 1. The maximum atomic E-state index is 11.8. The van der Waals surface area contributed by atoms with Crippen LogP contribution < -0.4 is 16.0 Å². The molecule has 0 heterocycles. The van der Waals surface area contributed by atoms with Gasteiger partial charge >= 0.3 is 0 Å². The highest BCUT2D eigenvalue weighted by Crippen LogP contribution is 2.25. The van der Waals surface area contributed by atoms with Gasteiger partial charge in [-0.2, -0.15) is 0 Å². The van der Waals surface area contributed by atoms with Crippen molar-refractivity contribution >= 4 is 35.6 Å². The minimum atomic E-state index is -0.263. The number of nitrogens with zero attached hydrogens (tertiary/aromatic N) is 1. The summed E-state index contributed by atoms with van der Waals surface area (Å²) in [7, 11) is 1.67. The molecule has 0 spiro atoms. The second-order valence-electron chi connectivity index (χ2n) is 4.22. The Morgan fingerprint density at radius 2 is 1.95 bits per heavy atom. The van der Waals surface area contributed by atoms with Crippen molar-refractivity contribution in [3.63, 3.8) is 0 Å². The van der Waals surface area contributed by atoms with Crippen LogP contribution in [0.5, 0.6) is 0 Å². The van der Waals surface area contributed by atoms with Gasteiger partial charge in [-0.05, 0) is 12.1 Å². The lowest BCUT2D eigenvalue weighted by molar-refractivity contribution is -0.119. The van der Waals surface area contributed by atoms with Gasteiger partial charge in [0.05, 0.1) is 11.4 Å². The average Bonchev–Trinajstić information content (AvgIpc) is 2.37. The lowest BCUT2D eigenvalue weighted by Gasteiger charge is -2.20. The molecule has 3 N–H and O–H groups in total. The largest absolute Gasteiger partial charge is 0.330 e. The molecule has 0 aliphatic heterocycles. The maximum absolute atomic E-state index is 11.8. The number of nitrogens with two attached hydrogens (primary N) is 1. The van der Waals surface area contributed by atoms with Crippen LogP contribution in [0.2, 0.25) is 0 Å². The third kappa shape index (κ3) is 4.54. The zero-order valence-corrected chi connectivity index (χ0v) is 12.2. The molecule has 0 saturated carbocycles. The van der Waals surface area contributed by atoms with Gasteiger partial charge in [0, 0.05) is 26.4 Å². The number of amides is 2. The van der Waals surface area contributed by atoms with Crippen molar-refractivity contribution in [3.8, 4) is 0 Å². The third-order valence-corrected chi connectivity index (χ3v) is 2.80. The minimum absolute atomic E-state index is 0. The number of hydrogen-bond donors (Lipinski definition) is 2. The van der Waals surface area contributed by atoms with E-state index >= 15 is 0 Å². The average molecular weight is 286 g/mol. The highest BCUT2D eigenvalue weighted by molar-refractivity contribution is 6.00. The molecular weight excluding hydrogens is 266 g/mol. The molecule has 0 aliphatic carbocycles. The van der Waals surface area contributed by atoms with E-state index < -0.39 is 0 Å². The number of anilines is 2. The highest BCUT2D eigenvalue weighted by Gasteiger charge is 2.15. The molecular formula is C13H20ClN3O2. The fourth-order valence-electron chi connectivity index (χ4n) is 1.40. The summed E-state index contributed by atoms with van der Waals surface area (Å²) in [6.07, 6.45) is 0. The van der Waals surface area contributed by atoms with Crippen LogP contribution in [-0.4, -0.2) is 25.4 Å². The Kier molecular flexibility index (Phi) is 7.11. The molecule has 5 nitrogen and oxygen atoms in total. The fraction of sp³-hybridized carbons (Fsp3) is 0.385. The summed E-state index contributed by atoms with van der Waals surface area (Å²) in [4.78, 5) is 24.6. The van der Waals surface area contributed by atoms with E-state index in [1.807, 2.05) is 6.07 Å². The number of halogens is 1. The van der Waals surface area contributed by atoms with Gasteiger partial charge in [-0.3, -0.25) is 9.59 Å². The molecule has 1 unspecified atom stereocenters. The van der Waals surface area contributed by atoms with E-state index in [0.29, 0.717) is 11.4 Å². The Labute approximate surface area is 119 Å². The van der Waals surface area contributed by atoms with Crippen LogP contribution in [-0.2, 0) is 9.59 Å². The van der Waals surface area contributed by atoms with Crippen molar-refractivity contribution in [2.45, 2.75) is 13.8 Å². The number of para-hydroxylation sites is 2. The summed E-state index contributed by atoms with van der Waals surface area (Å²) in [6, 6.07) is 7.16. The van der Waals surface area contributed by atoms with Crippen LogP contribution in [0.15, 0.2) is 24.3 Å². The second kappa shape index (κ2) is 7.76. The number of carbonyl (C=O) groups is 2. The molecule has 1 atom stereocenters. The minimum Gasteiger partial charge on any atom is -0.330 e. The first-order valence-electron chi connectivity index (χ1n) is 5.81. The zero-order chi connectivity index (χ0) is 13.7. The molecule has 19 heavy (non-hydrogen) atoms. The molecule has 1 aromatic carbocycles. The van der Waals surface area contributed by atoms with E-state index in [2.05, 4.69) is 5.32 Å². The molecule has 106 valence electrons. The van der Waals surface area contributed by atoms with E-state index in [-0.39, 0.29) is 36.7 Å². The van der Waals surface area contributed by atoms with E-state index in [0.717, 1.165) is 0 Å². The number of hydrogen-bond acceptors (Lipinski definition) is 3. The monoisotopic (exact) mass is 285 g/mol. The van der Waals surface area contributed by atoms with E-state index in [1.54, 1.807) is 32.2 Å². The fourth-order valence-corrected chi connectivity index (χ4v) is 1.40. The summed E-state index contributed by atoms with van der Waals surface area (Å²) in [5.74, 6) is -0.508. The van der Waals surface area contributed by atoms with Crippen LogP contribution in [0.3, 0.4) is 0 Å². The number of rotatable bonds is 4. The van der Waals surface area contributed by atoms with E-state index in [1.165, 1.54) is 11.8 Å². The summed E-state index contributed by atoms with van der Waals surface area (Å²) < 4.78 is 0. The van der Waals surface area contributed by atoms with Gasteiger partial charge in [-0.25, -0.2) is 0 Å². The lowest BCUT2D eigenvalue weighted by Crippen LogP contribution is -2.29. The van der Waals surface area contributed by atoms with Crippen molar-refractivity contribution in [1.29, 1.82) is 0 Å². The SMILES string of the molecule is CC(=O)N(C)c1ccccc1NC(=O)C(C)CN.Cl. The van der Waals surface area contributed by atoms with Crippen molar-refractivity contribution in [2.75, 3.05) is 23.8 Å². The Morgan fingerprint density at radius 3 is 2.47 bits per heavy atom. The highest BCUT2D eigenvalue weighted by atomic mass is 35.5. The molecule has 0 saturated heterocycles. The Balaban J connectivity index is 0.00000324. The number of benzene rings is 1. The molecule has 0 radical (unpaired) electrons. The summed E-state index contributed by atoms with van der Waals surface area (Å²) in [5, 5.41) is 2.78. The van der Waals surface area contributed by atoms with Crippen molar-refractivity contribution in [1.82, 2.24) is 0 Å². The lowest BCUT2D eigenvalue weighted by atomic mass is 10.1. The third-order valence-electron chi connectivity index (χ3n) is 2.80. The first kappa shape index (κ1) is 17.4. The zero-order valence-electron chi connectivity index (χ0n) is 11.3. The summed E-state index contributed by atoms with van der Waals surface area (Å²) in [5.41, 5.74) is 6.73. The van der Waals surface area contributed by atoms with Crippen LogP contribution in [0.4, 0.5) is 11.4 Å². The van der Waals surface area contributed by atoms with Gasteiger partial charge in [-0.1, -0.05) is 19.1 Å². The van der Waals surface area contributed by atoms with Gasteiger partial charge in [0.25, 0.3) is 0 Å². The Hall–Kier alpha value is -1.59. The molecule has 0 aromatic heterocycles. The predicted octanol–water partition coefficient (Wildman–Crippen LogP) is 1.62. The van der Waals surface area contributed by atoms with Gasteiger partial charge in [0.2, 0.25) is 11.8 Å². The summed E-state index contributed by atoms with van der Waals surface area (Å²) >= 11 is 0. The predicted molar refractivity (Wildman–Crippen MR) is 79.6 cm³/mol. The second-order valence-corrected chi connectivity index (χ2v) is 4.22. The topological polar surface area (TPSA) is 75.4 Å². The van der Waals surface area contributed by atoms with Crippen LogP contribution >= 0.6 is 12.4 Å². The van der Waals surface area contributed by atoms with Gasteiger partial charge in [-0.15, -0.1) is 12.4 Å². The molecule has 1 rings (SSSR count). The number of carbonyl (C=O) groups excluding carboxylic acids is 2. The van der Waals surface area contributed by atoms with Gasteiger partial charge < -0.3 is 16.0 Å². The first-order chi connectivity index (χ1) is 8.47. The molecule has 1 aromatic rings. The normalized spacial score (nSPS) is 11.2. The van der Waals surface area contributed by atoms with Crippen LogP contribution in [0, 0.1) is 5.92 Å². The van der Waals surface area contributed by atoms with Crippen LogP contribution in [0.1, 0.15) is 13.8 Å². The van der Waals surface area contributed by atoms with E-state index in [4.69, 9.17) is 5.73 Å². The quantitative estimate of drug-likeness (QED) is 0.883. The Morgan fingerprint density at radius 1 is 1.37 bits per heavy atom. The van der Waals surface area contributed by atoms with E-state index in [9.17, 15) is 9.59 Å². The van der Waals surface area contributed by atoms with Crippen LogP contribution in [0.25, 0.3) is 0 Å². The smallest absolute Gasteiger partial charge is 0.228 e.